The van der Waals surface area contributed by atoms with Gasteiger partial charge in [-0.05, 0) is 37.1 Å². The Balaban J connectivity index is 1.14. The largest absolute Gasteiger partial charge is 0.352 e. The molecule has 0 aliphatic carbocycles. The standard InChI is InChI=1S/C21H28N6O2S/c28-20(16-3-8-27(9-4-16)21(29)26-6-1-2-7-26)25-12-10-24(11-13-25)18-17-5-14-30-19(17)23-15-22-18/h5,14-16H,1-4,6-13H2. The van der Waals surface area contributed by atoms with Crippen LogP contribution in [-0.2, 0) is 4.79 Å². The number of fused-ring (bicyclic) bond motifs is 1. The summed E-state index contributed by atoms with van der Waals surface area (Å²) in [6.45, 7) is 6.19. The van der Waals surface area contributed by atoms with Gasteiger partial charge in [0.1, 0.15) is 17.0 Å². The lowest BCUT2D eigenvalue weighted by molar-refractivity contribution is -0.137. The molecule has 5 heterocycles. The Bertz CT molecular complexity index is 911. The van der Waals surface area contributed by atoms with Gasteiger partial charge in [0.15, 0.2) is 0 Å². The predicted octanol–water partition coefficient (Wildman–Crippen LogP) is 2.27. The van der Waals surface area contributed by atoms with E-state index in [1.165, 1.54) is 0 Å². The molecule has 3 aliphatic rings. The molecule has 8 nitrogen and oxygen atoms in total. The van der Waals surface area contributed by atoms with Crippen LogP contribution in [0.4, 0.5) is 10.6 Å². The highest BCUT2D eigenvalue weighted by molar-refractivity contribution is 7.16. The number of amides is 3. The van der Waals surface area contributed by atoms with Gasteiger partial charge in [-0.2, -0.15) is 0 Å². The zero-order valence-electron chi connectivity index (χ0n) is 17.2. The van der Waals surface area contributed by atoms with E-state index in [9.17, 15) is 9.59 Å². The van der Waals surface area contributed by atoms with Crippen molar-refractivity contribution in [2.24, 2.45) is 5.92 Å². The Hall–Kier alpha value is -2.42. The monoisotopic (exact) mass is 428 g/mol. The Morgan fingerprint density at radius 1 is 0.867 bits per heavy atom. The van der Waals surface area contributed by atoms with E-state index < -0.39 is 0 Å². The zero-order valence-corrected chi connectivity index (χ0v) is 18.0. The summed E-state index contributed by atoms with van der Waals surface area (Å²) >= 11 is 1.63. The van der Waals surface area contributed by atoms with Gasteiger partial charge in [-0.3, -0.25) is 4.79 Å². The highest BCUT2D eigenvalue weighted by Gasteiger charge is 2.33. The van der Waals surface area contributed by atoms with Crippen molar-refractivity contribution in [2.75, 3.05) is 57.3 Å². The minimum Gasteiger partial charge on any atom is -0.352 e. The van der Waals surface area contributed by atoms with E-state index in [1.807, 2.05) is 20.1 Å². The average molecular weight is 429 g/mol. The van der Waals surface area contributed by atoms with Crippen molar-refractivity contribution >= 4 is 39.3 Å². The van der Waals surface area contributed by atoms with Gasteiger partial charge in [-0.15, -0.1) is 11.3 Å². The molecule has 0 aromatic carbocycles. The Kier molecular flexibility index (Phi) is 5.45. The molecule has 2 aromatic heterocycles. The maximum atomic E-state index is 13.1. The maximum absolute atomic E-state index is 13.1. The van der Waals surface area contributed by atoms with E-state index in [-0.39, 0.29) is 17.9 Å². The Morgan fingerprint density at radius 3 is 2.30 bits per heavy atom. The minimum absolute atomic E-state index is 0.0433. The van der Waals surface area contributed by atoms with E-state index in [2.05, 4.69) is 20.9 Å². The third-order valence-corrected chi connectivity index (χ3v) is 7.44. The molecular weight excluding hydrogens is 400 g/mol. The topological polar surface area (TPSA) is 72.9 Å². The van der Waals surface area contributed by atoms with Crippen molar-refractivity contribution in [1.82, 2.24) is 24.7 Å². The van der Waals surface area contributed by atoms with Crippen LogP contribution in [0.1, 0.15) is 25.7 Å². The summed E-state index contributed by atoms with van der Waals surface area (Å²) in [6, 6.07) is 2.24. The highest BCUT2D eigenvalue weighted by atomic mass is 32.1. The Morgan fingerprint density at radius 2 is 1.57 bits per heavy atom. The molecule has 0 atom stereocenters. The number of likely N-dealkylation sites (tertiary alicyclic amines) is 2. The van der Waals surface area contributed by atoms with Gasteiger partial charge in [0, 0.05) is 58.3 Å². The second-order valence-corrected chi connectivity index (χ2v) is 9.28. The molecule has 0 radical (unpaired) electrons. The molecule has 5 rings (SSSR count). The lowest BCUT2D eigenvalue weighted by atomic mass is 9.95. The van der Waals surface area contributed by atoms with Crippen LogP contribution in [0.25, 0.3) is 10.2 Å². The number of nitrogens with zero attached hydrogens (tertiary/aromatic N) is 6. The van der Waals surface area contributed by atoms with Crippen molar-refractivity contribution in [3.8, 4) is 0 Å². The lowest BCUT2D eigenvalue weighted by Gasteiger charge is -2.39. The number of thiophene rings is 1. The first kappa shape index (κ1) is 19.5. The van der Waals surface area contributed by atoms with Gasteiger partial charge < -0.3 is 19.6 Å². The SMILES string of the molecule is O=C(C1CCN(C(=O)N2CCCC2)CC1)N1CCN(c2ncnc3sccc23)CC1. The minimum atomic E-state index is 0.0433. The van der Waals surface area contributed by atoms with Crippen LogP contribution >= 0.6 is 11.3 Å². The number of carbonyl (C=O) groups excluding carboxylic acids is 2. The summed E-state index contributed by atoms with van der Waals surface area (Å²) in [5, 5.41) is 3.14. The van der Waals surface area contributed by atoms with E-state index in [1.54, 1.807) is 17.7 Å². The van der Waals surface area contributed by atoms with Crippen molar-refractivity contribution < 1.29 is 9.59 Å². The van der Waals surface area contributed by atoms with Gasteiger partial charge in [-0.1, -0.05) is 0 Å². The normalized spacial score (nSPS) is 20.9. The molecule has 0 saturated carbocycles. The molecule has 160 valence electrons. The highest BCUT2D eigenvalue weighted by Crippen LogP contribution is 2.28. The first-order valence-electron chi connectivity index (χ1n) is 11.0. The summed E-state index contributed by atoms with van der Waals surface area (Å²) in [6.07, 6.45) is 5.41. The maximum Gasteiger partial charge on any atom is 0.319 e. The second kappa shape index (κ2) is 8.37. The summed E-state index contributed by atoms with van der Waals surface area (Å²) in [5.41, 5.74) is 0. The number of piperazine rings is 1. The van der Waals surface area contributed by atoms with E-state index in [4.69, 9.17) is 0 Å². The fraction of sp³-hybridized carbons (Fsp3) is 0.619. The van der Waals surface area contributed by atoms with Crippen LogP contribution in [-0.4, -0.2) is 89.0 Å². The van der Waals surface area contributed by atoms with Crippen molar-refractivity contribution in [2.45, 2.75) is 25.7 Å². The molecule has 3 fully saturated rings. The fourth-order valence-corrected chi connectivity index (χ4v) is 5.58. The number of hydrogen-bond donors (Lipinski definition) is 0. The summed E-state index contributed by atoms with van der Waals surface area (Å²) in [5.74, 6) is 1.27. The lowest BCUT2D eigenvalue weighted by Crippen LogP contribution is -2.53. The van der Waals surface area contributed by atoms with Gasteiger partial charge in [-0.25, -0.2) is 14.8 Å². The Labute approximate surface area is 180 Å². The first-order chi connectivity index (χ1) is 14.7. The van der Waals surface area contributed by atoms with Crippen molar-refractivity contribution in [3.05, 3.63) is 17.8 Å². The quantitative estimate of drug-likeness (QED) is 0.734. The summed E-state index contributed by atoms with van der Waals surface area (Å²) < 4.78 is 0. The molecule has 0 unspecified atom stereocenters. The number of anilines is 1. The van der Waals surface area contributed by atoms with Crippen LogP contribution in [0.15, 0.2) is 17.8 Å². The number of hydrogen-bond acceptors (Lipinski definition) is 6. The molecule has 0 bridgehead atoms. The molecule has 3 amide bonds. The fourth-order valence-electron chi connectivity index (χ4n) is 4.85. The van der Waals surface area contributed by atoms with E-state index in [0.29, 0.717) is 13.1 Å². The molecule has 3 saturated heterocycles. The van der Waals surface area contributed by atoms with Gasteiger partial charge in [0.05, 0.1) is 5.39 Å². The van der Waals surface area contributed by atoms with Gasteiger partial charge >= 0.3 is 6.03 Å². The van der Waals surface area contributed by atoms with Crippen LogP contribution in [0.3, 0.4) is 0 Å². The number of piperidine rings is 1. The predicted molar refractivity (Wildman–Crippen MR) is 117 cm³/mol. The molecule has 2 aromatic rings. The van der Waals surface area contributed by atoms with Crippen molar-refractivity contribution in [3.63, 3.8) is 0 Å². The molecule has 0 spiro atoms. The van der Waals surface area contributed by atoms with Crippen LogP contribution < -0.4 is 4.90 Å². The third-order valence-electron chi connectivity index (χ3n) is 6.62. The number of rotatable bonds is 2. The third kappa shape index (κ3) is 3.71. The van der Waals surface area contributed by atoms with Gasteiger partial charge in [0.2, 0.25) is 5.91 Å². The van der Waals surface area contributed by atoms with Crippen LogP contribution in [0.2, 0.25) is 0 Å². The second-order valence-electron chi connectivity index (χ2n) is 8.39. The molecule has 9 heteroatoms. The zero-order chi connectivity index (χ0) is 20.5. The molecule has 0 N–H and O–H groups in total. The number of aromatic nitrogens is 2. The first-order valence-corrected chi connectivity index (χ1v) is 11.8. The summed E-state index contributed by atoms with van der Waals surface area (Å²) in [7, 11) is 0. The summed E-state index contributed by atoms with van der Waals surface area (Å²) in [4.78, 5) is 43.6. The van der Waals surface area contributed by atoms with Crippen LogP contribution in [0.5, 0.6) is 0 Å². The van der Waals surface area contributed by atoms with E-state index >= 15 is 0 Å². The van der Waals surface area contributed by atoms with Gasteiger partial charge in [0.25, 0.3) is 0 Å². The molecular formula is C21H28N6O2S. The smallest absolute Gasteiger partial charge is 0.319 e. The van der Waals surface area contributed by atoms with E-state index in [0.717, 1.165) is 81.0 Å². The molecule has 3 aliphatic heterocycles. The van der Waals surface area contributed by atoms with Crippen LogP contribution in [0, 0.1) is 5.92 Å². The number of carbonyl (C=O) groups is 2. The number of urea groups is 1. The molecule has 30 heavy (non-hydrogen) atoms. The van der Waals surface area contributed by atoms with Crippen molar-refractivity contribution in [1.29, 1.82) is 0 Å². The average Bonchev–Trinajstić information content (AvgIpc) is 3.50.